The van der Waals surface area contributed by atoms with Crippen LogP contribution < -0.4 is 5.32 Å². The molecular weight excluding hydrogens is 490 g/mol. The molecule has 0 bridgehead atoms. The Balaban J connectivity index is 1.36. The quantitative estimate of drug-likeness (QED) is 0.255. The van der Waals surface area contributed by atoms with Gasteiger partial charge in [0.2, 0.25) is 5.96 Å². The van der Waals surface area contributed by atoms with Crippen molar-refractivity contribution >= 4 is 33.5 Å². The third kappa shape index (κ3) is 3.65. The standard InChI is InChI=1S/C36H25N3O/c1-3-11-24(12-4-1)26-19-27(25-13-5-2-6-14-25)21-28(20-26)35-31-22-40-23-32(31)37-36(38-35)39-33-17-9-7-15-29(33)30-16-8-10-18-34(30)39/h1-23,35H,(H,37,38). The summed E-state index contributed by atoms with van der Waals surface area (Å²) in [5, 5.41) is 5.98. The summed E-state index contributed by atoms with van der Waals surface area (Å²) in [5.41, 5.74) is 9.97. The first-order chi connectivity index (χ1) is 19.8. The molecule has 0 fully saturated rings. The Kier molecular flexibility index (Phi) is 5.17. The fourth-order valence-electron chi connectivity index (χ4n) is 5.89. The van der Waals surface area contributed by atoms with Crippen molar-refractivity contribution in [2.24, 2.45) is 4.99 Å². The monoisotopic (exact) mass is 515 g/mol. The molecule has 2 aromatic heterocycles. The van der Waals surface area contributed by atoms with E-state index in [0.29, 0.717) is 0 Å². The summed E-state index contributed by atoms with van der Waals surface area (Å²) >= 11 is 0. The molecule has 4 nitrogen and oxygen atoms in total. The van der Waals surface area contributed by atoms with E-state index in [2.05, 4.69) is 137 Å². The minimum absolute atomic E-state index is 0.240. The molecule has 0 amide bonds. The van der Waals surface area contributed by atoms with Crippen LogP contribution in [0.25, 0.3) is 44.1 Å². The number of hydrogen-bond acceptors (Lipinski definition) is 3. The fraction of sp³-hybridized carbons (Fsp3) is 0.0278. The minimum atomic E-state index is -0.240. The molecule has 4 heteroatoms. The second-order valence-electron chi connectivity index (χ2n) is 10.2. The molecule has 7 aromatic rings. The predicted molar refractivity (Wildman–Crippen MR) is 164 cm³/mol. The topological polar surface area (TPSA) is 42.5 Å². The molecule has 3 heterocycles. The van der Waals surface area contributed by atoms with E-state index in [1.54, 1.807) is 6.26 Å². The van der Waals surface area contributed by atoms with Gasteiger partial charge in [0.15, 0.2) is 0 Å². The van der Waals surface area contributed by atoms with E-state index in [0.717, 1.165) is 44.9 Å². The van der Waals surface area contributed by atoms with Gasteiger partial charge in [0.25, 0.3) is 0 Å². The summed E-state index contributed by atoms with van der Waals surface area (Å²) in [6, 6.07) is 44.6. The zero-order valence-electron chi connectivity index (χ0n) is 21.7. The third-order valence-electron chi connectivity index (χ3n) is 7.76. The molecule has 0 saturated heterocycles. The molecule has 1 N–H and O–H groups in total. The number of nitrogens with zero attached hydrogens (tertiary/aromatic N) is 2. The molecular formula is C36H25N3O. The lowest BCUT2D eigenvalue weighted by atomic mass is 9.91. The zero-order chi connectivity index (χ0) is 26.5. The van der Waals surface area contributed by atoms with Gasteiger partial charge < -0.3 is 9.73 Å². The Morgan fingerprint density at radius 1 is 0.575 bits per heavy atom. The van der Waals surface area contributed by atoms with Gasteiger partial charge in [0, 0.05) is 16.3 Å². The van der Waals surface area contributed by atoms with Crippen LogP contribution in [0.5, 0.6) is 0 Å². The van der Waals surface area contributed by atoms with Crippen LogP contribution in [0.3, 0.4) is 0 Å². The first-order valence-corrected chi connectivity index (χ1v) is 13.5. The maximum absolute atomic E-state index is 5.74. The first-order valence-electron chi connectivity index (χ1n) is 13.5. The zero-order valence-corrected chi connectivity index (χ0v) is 21.7. The summed E-state index contributed by atoms with van der Waals surface area (Å²) in [6.45, 7) is 0. The molecule has 0 radical (unpaired) electrons. The fourth-order valence-corrected chi connectivity index (χ4v) is 5.89. The Morgan fingerprint density at radius 2 is 1.12 bits per heavy atom. The van der Waals surface area contributed by atoms with Crippen molar-refractivity contribution in [2.75, 3.05) is 5.32 Å². The van der Waals surface area contributed by atoms with Crippen LogP contribution >= 0.6 is 0 Å². The molecule has 40 heavy (non-hydrogen) atoms. The van der Waals surface area contributed by atoms with Gasteiger partial charge in [-0.15, -0.1) is 0 Å². The molecule has 5 aromatic carbocycles. The number of aliphatic imine (C=N–C) groups is 1. The maximum Gasteiger partial charge on any atom is 0.208 e. The SMILES string of the molecule is c1ccc(-c2cc(-c3ccccc3)cc(C3N=C(n4c5ccccc5c5ccccc54)Nc4cocc43)c2)cc1. The molecule has 1 unspecified atom stereocenters. The molecule has 8 rings (SSSR count). The van der Waals surface area contributed by atoms with Gasteiger partial charge in [-0.1, -0.05) is 97.1 Å². The van der Waals surface area contributed by atoms with Crippen molar-refractivity contribution in [3.63, 3.8) is 0 Å². The molecule has 0 saturated carbocycles. The summed E-state index contributed by atoms with van der Waals surface area (Å²) in [7, 11) is 0. The van der Waals surface area contributed by atoms with Gasteiger partial charge in [0.05, 0.1) is 23.0 Å². The summed E-state index contributed by atoms with van der Waals surface area (Å²) in [6.07, 6.45) is 3.60. The van der Waals surface area contributed by atoms with Gasteiger partial charge in [0.1, 0.15) is 12.3 Å². The highest BCUT2D eigenvalue weighted by Crippen LogP contribution is 2.40. The predicted octanol–water partition coefficient (Wildman–Crippen LogP) is 9.14. The van der Waals surface area contributed by atoms with Gasteiger partial charge in [-0.05, 0) is 58.1 Å². The Hall–Kier alpha value is -5.35. The van der Waals surface area contributed by atoms with E-state index in [1.807, 2.05) is 6.26 Å². The van der Waals surface area contributed by atoms with Crippen molar-refractivity contribution < 1.29 is 4.42 Å². The van der Waals surface area contributed by atoms with Crippen LogP contribution in [0.15, 0.2) is 149 Å². The minimum Gasteiger partial charge on any atom is -0.470 e. The van der Waals surface area contributed by atoms with Crippen LogP contribution in [-0.2, 0) is 0 Å². The van der Waals surface area contributed by atoms with E-state index in [4.69, 9.17) is 9.41 Å². The van der Waals surface area contributed by atoms with Crippen LogP contribution in [-0.4, -0.2) is 10.5 Å². The van der Waals surface area contributed by atoms with E-state index < -0.39 is 0 Å². The number of rotatable bonds is 3. The largest absolute Gasteiger partial charge is 0.470 e. The van der Waals surface area contributed by atoms with Crippen LogP contribution in [0.2, 0.25) is 0 Å². The second kappa shape index (κ2) is 9.14. The molecule has 1 atom stereocenters. The van der Waals surface area contributed by atoms with Gasteiger partial charge in [-0.3, -0.25) is 4.57 Å². The first kappa shape index (κ1) is 22.6. The van der Waals surface area contributed by atoms with Crippen molar-refractivity contribution in [3.05, 3.63) is 151 Å². The number of anilines is 1. The highest BCUT2D eigenvalue weighted by Gasteiger charge is 2.28. The average molecular weight is 516 g/mol. The molecule has 190 valence electrons. The highest BCUT2D eigenvalue weighted by atomic mass is 16.3. The summed E-state index contributed by atoms with van der Waals surface area (Å²) < 4.78 is 7.97. The van der Waals surface area contributed by atoms with Crippen molar-refractivity contribution in [1.29, 1.82) is 0 Å². The number of para-hydroxylation sites is 2. The lowest BCUT2D eigenvalue weighted by molar-refractivity contribution is 0.563. The smallest absolute Gasteiger partial charge is 0.208 e. The van der Waals surface area contributed by atoms with Gasteiger partial charge >= 0.3 is 0 Å². The lowest BCUT2D eigenvalue weighted by Crippen LogP contribution is -2.26. The van der Waals surface area contributed by atoms with Gasteiger partial charge in [-0.2, -0.15) is 0 Å². The van der Waals surface area contributed by atoms with Crippen molar-refractivity contribution in [3.8, 4) is 22.3 Å². The number of nitrogens with one attached hydrogen (secondary N) is 1. The number of hydrogen-bond donors (Lipinski definition) is 1. The molecule has 0 spiro atoms. The highest BCUT2D eigenvalue weighted by molar-refractivity contribution is 6.16. The maximum atomic E-state index is 5.74. The van der Waals surface area contributed by atoms with Crippen molar-refractivity contribution in [1.82, 2.24) is 4.57 Å². The summed E-state index contributed by atoms with van der Waals surface area (Å²) in [5.74, 6) is 0.780. The molecule has 1 aliphatic heterocycles. The molecule has 1 aliphatic rings. The third-order valence-corrected chi connectivity index (χ3v) is 7.76. The lowest BCUT2D eigenvalue weighted by Gasteiger charge is -2.24. The van der Waals surface area contributed by atoms with Crippen LogP contribution in [0.4, 0.5) is 5.69 Å². The normalized spacial score (nSPS) is 14.6. The van der Waals surface area contributed by atoms with Crippen LogP contribution in [0, 0.1) is 0 Å². The number of fused-ring (bicyclic) bond motifs is 4. The number of aromatic nitrogens is 1. The van der Waals surface area contributed by atoms with Crippen LogP contribution in [0.1, 0.15) is 17.2 Å². The Labute approximate surface area is 231 Å². The van der Waals surface area contributed by atoms with E-state index >= 15 is 0 Å². The second-order valence-corrected chi connectivity index (χ2v) is 10.2. The van der Waals surface area contributed by atoms with Crippen molar-refractivity contribution in [2.45, 2.75) is 6.04 Å². The Bertz CT molecular complexity index is 1920. The summed E-state index contributed by atoms with van der Waals surface area (Å²) in [4.78, 5) is 5.39. The van der Waals surface area contributed by atoms with Gasteiger partial charge in [-0.25, -0.2) is 4.99 Å². The Morgan fingerprint density at radius 3 is 1.73 bits per heavy atom. The number of benzene rings is 5. The van der Waals surface area contributed by atoms with E-state index in [1.165, 1.54) is 21.9 Å². The van der Waals surface area contributed by atoms with E-state index in [9.17, 15) is 0 Å². The molecule has 0 aliphatic carbocycles. The number of furan rings is 1. The average Bonchev–Trinajstić information content (AvgIpc) is 3.64. The van der Waals surface area contributed by atoms with E-state index in [-0.39, 0.29) is 6.04 Å².